The maximum Gasteiger partial charge on any atom is 0.227 e. The molecule has 0 aliphatic carbocycles. The Morgan fingerprint density at radius 3 is 2.69 bits per heavy atom. The highest BCUT2D eigenvalue weighted by Gasteiger charge is 2.16. The molecule has 0 saturated carbocycles. The fourth-order valence-electron chi connectivity index (χ4n) is 1.59. The van der Waals surface area contributed by atoms with E-state index in [4.69, 9.17) is 4.74 Å². The molecule has 0 saturated heterocycles. The van der Waals surface area contributed by atoms with Crippen molar-refractivity contribution in [3.8, 4) is 0 Å². The second-order valence-corrected chi connectivity index (χ2v) is 4.83. The van der Waals surface area contributed by atoms with Crippen LogP contribution in [0.1, 0.15) is 23.7 Å². The van der Waals surface area contributed by atoms with Gasteiger partial charge in [-0.1, -0.05) is 6.92 Å². The van der Waals surface area contributed by atoms with Crippen molar-refractivity contribution in [2.75, 3.05) is 12.4 Å². The SMILES string of the molecule is CCSc1ccc(C(=O)C2=CCCO2)cc1. The zero-order chi connectivity index (χ0) is 11.4. The van der Waals surface area contributed by atoms with Gasteiger partial charge in [-0.2, -0.15) is 0 Å². The van der Waals surface area contributed by atoms with Crippen LogP contribution in [-0.2, 0) is 4.74 Å². The van der Waals surface area contributed by atoms with Gasteiger partial charge in [0.1, 0.15) is 0 Å². The topological polar surface area (TPSA) is 26.3 Å². The minimum Gasteiger partial charge on any atom is -0.489 e. The van der Waals surface area contributed by atoms with Gasteiger partial charge in [0.2, 0.25) is 5.78 Å². The van der Waals surface area contributed by atoms with Crippen LogP contribution >= 0.6 is 11.8 Å². The van der Waals surface area contributed by atoms with E-state index in [2.05, 4.69) is 6.92 Å². The fraction of sp³-hybridized carbons (Fsp3) is 0.308. The van der Waals surface area contributed by atoms with Crippen LogP contribution in [0, 0.1) is 0 Å². The van der Waals surface area contributed by atoms with E-state index in [1.807, 2.05) is 30.3 Å². The summed E-state index contributed by atoms with van der Waals surface area (Å²) in [6.07, 6.45) is 2.70. The Morgan fingerprint density at radius 1 is 1.38 bits per heavy atom. The van der Waals surface area contributed by atoms with E-state index in [1.165, 1.54) is 4.90 Å². The van der Waals surface area contributed by atoms with Crippen molar-refractivity contribution in [2.24, 2.45) is 0 Å². The Kier molecular flexibility index (Phi) is 3.67. The molecule has 0 amide bonds. The van der Waals surface area contributed by atoms with Gasteiger partial charge in [0.25, 0.3) is 0 Å². The van der Waals surface area contributed by atoms with Gasteiger partial charge in [-0.05, 0) is 36.1 Å². The first kappa shape index (κ1) is 11.3. The molecule has 0 fully saturated rings. The first-order valence-corrected chi connectivity index (χ1v) is 6.40. The average Bonchev–Trinajstić information content (AvgIpc) is 2.83. The predicted molar refractivity (Wildman–Crippen MR) is 65.8 cm³/mol. The second kappa shape index (κ2) is 5.21. The molecule has 0 bridgehead atoms. The third-order valence-corrected chi connectivity index (χ3v) is 3.25. The van der Waals surface area contributed by atoms with Gasteiger partial charge in [0.05, 0.1) is 6.61 Å². The van der Waals surface area contributed by atoms with E-state index in [-0.39, 0.29) is 5.78 Å². The standard InChI is InChI=1S/C13H14O2S/c1-2-16-11-7-5-10(6-8-11)13(14)12-4-3-9-15-12/h4-8H,2-3,9H2,1H3. The van der Waals surface area contributed by atoms with Gasteiger partial charge < -0.3 is 4.74 Å². The van der Waals surface area contributed by atoms with Gasteiger partial charge in [0.15, 0.2) is 5.76 Å². The molecule has 0 unspecified atom stereocenters. The number of rotatable bonds is 4. The van der Waals surface area contributed by atoms with Crippen LogP contribution in [0.5, 0.6) is 0 Å². The van der Waals surface area contributed by atoms with Crippen LogP contribution in [0.15, 0.2) is 41.0 Å². The normalized spacial score (nSPS) is 14.4. The second-order valence-electron chi connectivity index (χ2n) is 3.49. The Morgan fingerprint density at radius 2 is 2.12 bits per heavy atom. The van der Waals surface area contributed by atoms with Crippen molar-refractivity contribution in [1.82, 2.24) is 0 Å². The molecule has 0 atom stereocenters. The molecule has 0 radical (unpaired) electrons. The first-order chi connectivity index (χ1) is 7.81. The Labute approximate surface area is 99.7 Å². The summed E-state index contributed by atoms with van der Waals surface area (Å²) in [4.78, 5) is 13.1. The molecule has 16 heavy (non-hydrogen) atoms. The number of ether oxygens (including phenoxy) is 1. The van der Waals surface area contributed by atoms with Gasteiger partial charge in [-0.25, -0.2) is 0 Å². The van der Waals surface area contributed by atoms with Crippen LogP contribution in [0.4, 0.5) is 0 Å². The molecule has 2 rings (SSSR count). The van der Waals surface area contributed by atoms with E-state index in [0.717, 1.165) is 12.2 Å². The molecular formula is C13H14O2S. The van der Waals surface area contributed by atoms with Crippen LogP contribution < -0.4 is 0 Å². The molecule has 84 valence electrons. The quantitative estimate of drug-likeness (QED) is 0.590. The van der Waals surface area contributed by atoms with Crippen molar-refractivity contribution >= 4 is 17.5 Å². The fourth-order valence-corrected chi connectivity index (χ4v) is 2.25. The number of hydrogen-bond donors (Lipinski definition) is 0. The minimum atomic E-state index is -0.00875. The molecular weight excluding hydrogens is 220 g/mol. The molecule has 0 N–H and O–H groups in total. The largest absolute Gasteiger partial charge is 0.489 e. The molecule has 1 aliphatic rings. The summed E-state index contributed by atoms with van der Waals surface area (Å²) in [5.41, 5.74) is 0.702. The molecule has 0 aromatic heterocycles. The molecule has 3 heteroatoms. The highest BCUT2D eigenvalue weighted by molar-refractivity contribution is 7.99. The summed E-state index contributed by atoms with van der Waals surface area (Å²) >= 11 is 1.77. The van der Waals surface area contributed by atoms with Crippen LogP contribution in [0.25, 0.3) is 0 Å². The summed E-state index contributed by atoms with van der Waals surface area (Å²) in [6, 6.07) is 7.69. The third kappa shape index (κ3) is 2.47. The first-order valence-electron chi connectivity index (χ1n) is 5.42. The van der Waals surface area contributed by atoms with Crippen molar-refractivity contribution < 1.29 is 9.53 Å². The van der Waals surface area contributed by atoms with E-state index < -0.39 is 0 Å². The van der Waals surface area contributed by atoms with E-state index in [0.29, 0.717) is 17.9 Å². The zero-order valence-corrected chi connectivity index (χ0v) is 10.0. The highest BCUT2D eigenvalue weighted by Crippen LogP contribution is 2.20. The number of ketones is 1. The number of carbonyl (C=O) groups is 1. The summed E-state index contributed by atoms with van der Waals surface area (Å²) in [5.74, 6) is 1.53. The monoisotopic (exact) mass is 234 g/mol. The minimum absolute atomic E-state index is 0.00875. The number of allylic oxidation sites excluding steroid dienone is 1. The van der Waals surface area contributed by atoms with E-state index >= 15 is 0 Å². The number of Topliss-reactive ketones (excluding diaryl/α,β-unsaturated/α-hetero) is 1. The predicted octanol–water partition coefficient (Wildman–Crippen LogP) is 3.29. The number of hydrogen-bond acceptors (Lipinski definition) is 3. The van der Waals surface area contributed by atoms with Gasteiger partial charge in [0, 0.05) is 16.9 Å². The lowest BCUT2D eigenvalue weighted by Crippen LogP contribution is -2.03. The number of thioether (sulfide) groups is 1. The van der Waals surface area contributed by atoms with E-state index in [9.17, 15) is 4.79 Å². The van der Waals surface area contributed by atoms with Crippen molar-refractivity contribution in [3.63, 3.8) is 0 Å². The Balaban J connectivity index is 2.12. The zero-order valence-electron chi connectivity index (χ0n) is 9.23. The average molecular weight is 234 g/mol. The number of benzene rings is 1. The van der Waals surface area contributed by atoms with Gasteiger partial charge >= 0.3 is 0 Å². The van der Waals surface area contributed by atoms with Crippen molar-refractivity contribution in [1.29, 1.82) is 0 Å². The van der Waals surface area contributed by atoms with Crippen LogP contribution in [-0.4, -0.2) is 18.1 Å². The lowest BCUT2D eigenvalue weighted by atomic mass is 10.1. The van der Waals surface area contributed by atoms with Crippen molar-refractivity contribution in [2.45, 2.75) is 18.2 Å². The van der Waals surface area contributed by atoms with Gasteiger partial charge in [-0.3, -0.25) is 4.79 Å². The lowest BCUT2D eigenvalue weighted by Gasteiger charge is -2.04. The Hall–Kier alpha value is -1.22. The molecule has 2 nitrogen and oxygen atoms in total. The molecule has 1 aromatic carbocycles. The van der Waals surface area contributed by atoms with Crippen LogP contribution in [0.2, 0.25) is 0 Å². The van der Waals surface area contributed by atoms with Crippen LogP contribution in [0.3, 0.4) is 0 Å². The maximum atomic E-state index is 11.9. The summed E-state index contributed by atoms with van der Waals surface area (Å²) in [6.45, 7) is 2.74. The lowest BCUT2D eigenvalue weighted by molar-refractivity contribution is 0.0942. The molecule has 1 aromatic rings. The summed E-state index contributed by atoms with van der Waals surface area (Å²) in [5, 5.41) is 0. The van der Waals surface area contributed by atoms with Gasteiger partial charge in [-0.15, -0.1) is 11.8 Å². The van der Waals surface area contributed by atoms with Crippen molar-refractivity contribution in [3.05, 3.63) is 41.7 Å². The smallest absolute Gasteiger partial charge is 0.227 e. The summed E-state index contributed by atoms with van der Waals surface area (Å²) < 4.78 is 5.25. The molecule has 0 spiro atoms. The number of carbonyl (C=O) groups excluding carboxylic acids is 1. The van der Waals surface area contributed by atoms with E-state index in [1.54, 1.807) is 11.8 Å². The third-order valence-electron chi connectivity index (χ3n) is 2.36. The summed E-state index contributed by atoms with van der Waals surface area (Å²) in [7, 11) is 0. The highest BCUT2D eigenvalue weighted by atomic mass is 32.2. The maximum absolute atomic E-state index is 11.9. The molecule has 1 aliphatic heterocycles. The molecule has 1 heterocycles. The Bertz CT molecular complexity index is 406.